The predicted octanol–water partition coefficient (Wildman–Crippen LogP) is 1.17. The fourth-order valence-corrected chi connectivity index (χ4v) is 5.86. The molecule has 5 heteroatoms. The second-order valence-electron chi connectivity index (χ2n) is 6.65. The Labute approximate surface area is 116 Å². The fourth-order valence-electron chi connectivity index (χ4n) is 4.10. The van der Waals surface area contributed by atoms with Crippen LogP contribution in [0.1, 0.15) is 44.9 Å². The lowest BCUT2D eigenvalue weighted by molar-refractivity contribution is 0.136. The van der Waals surface area contributed by atoms with Gasteiger partial charge in [-0.05, 0) is 38.8 Å². The third-order valence-electron chi connectivity index (χ3n) is 5.16. The molecule has 0 aromatic carbocycles. The maximum Gasteiger partial charge on any atom is 0.151 e. The Bertz CT molecular complexity index is 415. The van der Waals surface area contributed by atoms with Crippen molar-refractivity contribution in [3.63, 3.8) is 0 Å². The van der Waals surface area contributed by atoms with Crippen LogP contribution in [0.25, 0.3) is 0 Å². The lowest BCUT2D eigenvalue weighted by atomic mass is 9.81. The summed E-state index contributed by atoms with van der Waals surface area (Å²) in [5.74, 6) is 0.789. The molecule has 1 saturated carbocycles. The minimum atomic E-state index is -2.76. The zero-order valence-electron chi connectivity index (χ0n) is 11.7. The molecule has 1 spiro atoms. The van der Waals surface area contributed by atoms with Gasteiger partial charge in [0.2, 0.25) is 0 Å². The molecule has 2 aliphatic heterocycles. The molecule has 3 fully saturated rings. The predicted molar refractivity (Wildman–Crippen MR) is 77.1 cm³/mol. The van der Waals surface area contributed by atoms with Gasteiger partial charge in [-0.2, -0.15) is 0 Å². The van der Waals surface area contributed by atoms with Crippen molar-refractivity contribution < 1.29 is 8.42 Å². The molecule has 2 saturated heterocycles. The van der Waals surface area contributed by atoms with Gasteiger partial charge >= 0.3 is 0 Å². The lowest BCUT2D eigenvalue weighted by Crippen LogP contribution is -2.54. The minimum Gasteiger partial charge on any atom is -0.310 e. The highest BCUT2D eigenvalue weighted by molar-refractivity contribution is 7.91. The van der Waals surface area contributed by atoms with Crippen LogP contribution in [0.4, 0.5) is 0 Å². The van der Waals surface area contributed by atoms with Crippen LogP contribution in [0.2, 0.25) is 0 Å². The Morgan fingerprint density at radius 1 is 1.11 bits per heavy atom. The van der Waals surface area contributed by atoms with E-state index in [0.717, 1.165) is 32.5 Å². The molecule has 19 heavy (non-hydrogen) atoms. The second kappa shape index (κ2) is 5.34. The first-order valence-corrected chi connectivity index (χ1v) is 9.60. The van der Waals surface area contributed by atoms with Gasteiger partial charge < -0.3 is 5.32 Å². The van der Waals surface area contributed by atoms with Gasteiger partial charge in [0.25, 0.3) is 0 Å². The van der Waals surface area contributed by atoms with E-state index in [1.54, 1.807) is 0 Å². The number of sulfone groups is 1. The molecule has 0 bridgehead atoms. The van der Waals surface area contributed by atoms with Crippen LogP contribution in [0.3, 0.4) is 0 Å². The highest BCUT2D eigenvalue weighted by Crippen LogP contribution is 2.32. The zero-order valence-corrected chi connectivity index (χ0v) is 12.6. The number of rotatable bonds is 1. The molecule has 2 heterocycles. The Balaban J connectivity index is 1.71. The number of nitrogens with one attached hydrogen (secondary N) is 1. The van der Waals surface area contributed by atoms with Crippen molar-refractivity contribution in [3.8, 4) is 0 Å². The second-order valence-corrected chi connectivity index (χ2v) is 8.88. The van der Waals surface area contributed by atoms with Crippen LogP contribution in [-0.4, -0.2) is 56.0 Å². The summed E-state index contributed by atoms with van der Waals surface area (Å²) in [4.78, 5) is 2.48. The number of hydrogen-bond acceptors (Lipinski definition) is 4. The maximum atomic E-state index is 11.7. The van der Waals surface area contributed by atoms with Crippen LogP contribution < -0.4 is 5.32 Å². The van der Waals surface area contributed by atoms with Gasteiger partial charge in [0, 0.05) is 18.1 Å². The highest BCUT2D eigenvalue weighted by atomic mass is 32.2. The summed E-state index contributed by atoms with van der Waals surface area (Å²) >= 11 is 0. The third-order valence-corrected chi connectivity index (χ3v) is 6.91. The summed E-state index contributed by atoms with van der Waals surface area (Å²) < 4.78 is 23.4. The van der Waals surface area contributed by atoms with Gasteiger partial charge in [0.15, 0.2) is 9.84 Å². The lowest BCUT2D eigenvalue weighted by Gasteiger charge is -2.41. The average molecular weight is 286 g/mol. The van der Waals surface area contributed by atoms with E-state index in [1.165, 1.54) is 32.1 Å². The molecule has 0 radical (unpaired) electrons. The summed E-state index contributed by atoms with van der Waals surface area (Å²) in [7, 11) is -2.76. The number of nitrogens with zero attached hydrogens (tertiary/aromatic N) is 1. The number of hydrogen-bond donors (Lipinski definition) is 1. The van der Waals surface area contributed by atoms with Gasteiger partial charge in [0.05, 0.1) is 11.5 Å². The van der Waals surface area contributed by atoms with Gasteiger partial charge in [-0.1, -0.05) is 19.3 Å². The topological polar surface area (TPSA) is 49.4 Å². The van der Waals surface area contributed by atoms with Crippen molar-refractivity contribution in [3.05, 3.63) is 0 Å². The van der Waals surface area contributed by atoms with Gasteiger partial charge in [-0.3, -0.25) is 4.90 Å². The first-order valence-electron chi connectivity index (χ1n) is 7.78. The van der Waals surface area contributed by atoms with Crippen molar-refractivity contribution in [1.29, 1.82) is 0 Å². The molecular weight excluding hydrogens is 260 g/mol. The average Bonchev–Trinajstić information content (AvgIpc) is 2.63. The van der Waals surface area contributed by atoms with Crippen LogP contribution >= 0.6 is 0 Å². The van der Waals surface area contributed by atoms with Crippen molar-refractivity contribution in [2.24, 2.45) is 0 Å². The van der Waals surface area contributed by atoms with Crippen LogP contribution in [0.5, 0.6) is 0 Å². The van der Waals surface area contributed by atoms with Gasteiger partial charge in [0.1, 0.15) is 0 Å². The summed E-state index contributed by atoms with van der Waals surface area (Å²) in [5, 5.41) is 3.78. The Morgan fingerprint density at radius 3 is 2.58 bits per heavy atom. The van der Waals surface area contributed by atoms with Gasteiger partial charge in [-0.15, -0.1) is 0 Å². The quantitative estimate of drug-likeness (QED) is 0.786. The normalized spacial score (nSPS) is 35.3. The summed E-state index contributed by atoms with van der Waals surface area (Å²) in [6.45, 7) is 3.22. The summed E-state index contributed by atoms with van der Waals surface area (Å²) in [5.41, 5.74) is 0.279. The maximum absolute atomic E-state index is 11.7. The molecule has 0 aromatic rings. The largest absolute Gasteiger partial charge is 0.310 e. The van der Waals surface area contributed by atoms with Gasteiger partial charge in [-0.25, -0.2) is 8.42 Å². The molecule has 3 aliphatic rings. The zero-order chi connectivity index (χ0) is 13.3. The summed E-state index contributed by atoms with van der Waals surface area (Å²) in [6.07, 6.45) is 8.54. The van der Waals surface area contributed by atoms with Crippen molar-refractivity contribution in [2.45, 2.75) is 56.5 Å². The molecule has 110 valence electrons. The Kier molecular flexibility index (Phi) is 3.89. The first kappa shape index (κ1) is 13.8. The molecule has 1 atom stereocenters. The molecule has 1 N–H and O–H groups in total. The smallest absolute Gasteiger partial charge is 0.151 e. The van der Waals surface area contributed by atoms with E-state index >= 15 is 0 Å². The van der Waals surface area contributed by atoms with Crippen molar-refractivity contribution in [2.75, 3.05) is 31.1 Å². The standard InChI is InChI=1S/C14H26N2O2S/c17-19(18)10-5-13(11-19)16-9-4-8-15-14(12-16)6-2-1-3-7-14/h13,15H,1-12H2. The van der Waals surface area contributed by atoms with Crippen molar-refractivity contribution >= 4 is 9.84 Å². The Hall–Kier alpha value is -0.130. The molecule has 4 nitrogen and oxygen atoms in total. The molecule has 0 amide bonds. The van der Waals surface area contributed by atoms with E-state index in [-0.39, 0.29) is 11.6 Å². The fraction of sp³-hybridized carbons (Fsp3) is 1.00. The highest BCUT2D eigenvalue weighted by Gasteiger charge is 2.39. The molecule has 1 unspecified atom stereocenters. The van der Waals surface area contributed by atoms with E-state index in [4.69, 9.17) is 0 Å². The van der Waals surface area contributed by atoms with Crippen LogP contribution in [-0.2, 0) is 9.84 Å². The molecule has 0 aromatic heterocycles. The summed E-state index contributed by atoms with van der Waals surface area (Å²) in [6, 6.07) is 0.281. The van der Waals surface area contributed by atoms with E-state index in [1.807, 2.05) is 0 Å². The third kappa shape index (κ3) is 3.14. The van der Waals surface area contributed by atoms with E-state index in [9.17, 15) is 8.42 Å². The molecule has 3 rings (SSSR count). The molecular formula is C14H26N2O2S. The molecule has 1 aliphatic carbocycles. The SMILES string of the molecule is O=S1(=O)CCC(N2CCCNC3(CCCCC3)C2)C1. The Morgan fingerprint density at radius 2 is 1.89 bits per heavy atom. The van der Waals surface area contributed by atoms with E-state index in [0.29, 0.717) is 11.5 Å². The minimum absolute atomic E-state index is 0.279. The van der Waals surface area contributed by atoms with Crippen LogP contribution in [0, 0.1) is 0 Å². The van der Waals surface area contributed by atoms with E-state index in [2.05, 4.69) is 10.2 Å². The van der Waals surface area contributed by atoms with Crippen LogP contribution in [0.15, 0.2) is 0 Å². The first-order chi connectivity index (χ1) is 9.09. The van der Waals surface area contributed by atoms with E-state index < -0.39 is 9.84 Å². The van der Waals surface area contributed by atoms with Crippen molar-refractivity contribution in [1.82, 2.24) is 10.2 Å². The monoisotopic (exact) mass is 286 g/mol.